The molecule has 1 aliphatic rings. The van der Waals surface area contributed by atoms with Crippen LogP contribution in [0.4, 0.5) is 18.0 Å². The Hall–Kier alpha value is -2.45. The number of urea groups is 1. The van der Waals surface area contributed by atoms with Gasteiger partial charge >= 0.3 is 12.4 Å². The van der Waals surface area contributed by atoms with Crippen LogP contribution in [0.15, 0.2) is 24.3 Å². The maximum atomic E-state index is 12.3. The maximum Gasteiger partial charge on any atom is 0.573 e. The number of amides is 3. The summed E-state index contributed by atoms with van der Waals surface area (Å²) in [5.74, 6) is -0.384. The van der Waals surface area contributed by atoms with E-state index in [9.17, 15) is 22.8 Å². The Morgan fingerprint density at radius 3 is 2.48 bits per heavy atom. The molecule has 1 aromatic rings. The van der Waals surface area contributed by atoms with Crippen molar-refractivity contribution >= 4 is 11.9 Å². The third-order valence-corrected chi connectivity index (χ3v) is 4.07. The van der Waals surface area contributed by atoms with E-state index in [2.05, 4.69) is 10.1 Å². The van der Waals surface area contributed by atoms with Crippen molar-refractivity contribution in [1.29, 1.82) is 0 Å². The minimum atomic E-state index is -4.76. The van der Waals surface area contributed by atoms with E-state index >= 15 is 0 Å². The van der Waals surface area contributed by atoms with Crippen molar-refractivity contribution in [2.75, 3.05) is 6.54 Å². The molecule has 1 aromatic carbocycles. The van der Waals surface area contributed by atoms with Gasteiger partial charge in [0.05, 0.1) is 6.04 Å². The third-order valence-electron chi connectivity index (χ3n) is 4.07. The molecule has 9 heteroatoms. The summed E-state index contributed by atoms with van der Waals surface area (Å²) >= 11 is 0. The van der Waals surface area contributed by atoms with E-state index in [1.165, 1.54) is 24.3 Å². The molecule has 0 spiro atoms. The quantitative estimate of drug-likeness (QED) is 0.867. The zero-order valence-corrected chi connectivity index (χ0v) is 13.7. The lowest BCUT2D eigenvalue weighted by molar-refractivity contribution is -0.274. The number of carbonyl (C=O) groups excluding carboxylic acids is 2. The molecule has 0 aromatic heterocycles. The largest absolute Gasteiger partial charge is 0.573 e. The van der Waals surface area contributed by atoms with E-state index in [1.54, 1.807) is 11.8 Å². The van der Waals surface area contributed by atoms with E-state index in [0.29, 0.717) is 31.4 Å². The highest BCUT2D eigenvalue weighted by Gasteiger charge is 2.33. The number of hydrogen-bond acceptors (Lipinski definition) is 3. The molecular weight excluding hydrogens is 339 g/mol. The first kappa shape index (κ1) is 18.9. The van der Waals surface area contributed by atoms with Crippen LogP contribution in [0.2, 0.25) is 0 Å². The molecule has 0 aliphatic carbocycles. The van der Waals surface area contributed by atoms with Gasteiger partial charge < -0.3 is 20.7 Å². The van der Waals surface area contributed by atoms with Crippen LogP contribution in [0.3, 0.4) is 0 Å². The first-order chi connectivity index (χ1) is 11.7. The standard InChI is InChI=1S/C16H20F3N3O3/c1-2-14(23)22-8-7-11(21-15(20)24)9-13(22)10-3-5-12(6-4-10)25-16(17,18)19/h3-6,11,13H,2,7-9H2,1H3,(H3,20,21,24). The Bertz CT molecular complexity index is 619. The number of primary amides is 1. The highest BCUT2D eigenvalue weighted by atomic mass is 19.4. The molecule has 2 rings (SSSR count). The molecule has 1 heterocycles. The molecule has 1 aliphatic heterocycles. The van der Waals surface area contributed by atoms with Crippen LogP contribution in [0.25, 0.3) is 0 Å². The summed E-state index contributed by atoms with van der Waals surface area (Å²) in [4.78, 5) is 24.9. The van der Waals surface area contributed by atoms with Crippen LogP contribution in [0.1, 0.15) is 37.8 Å². The van der Waals surface area contributed by atoms with Gasteiger partial charge in [-0.25, -0.2) is 4.79 Å². The van der Waals surface area contributed by atoms with E-state index < -0.39 is 12.4 Å². The molecular formula is C16H20F3N3O3. The number of carbonyl (C=O) groups is 2. The molecule has 0 saturated carbocycles. The van der Waals surface area contributed by atoms with Crippen molar-refractivity contribution in [3.8, 4) is 5.75 Å². The Balaban J connectivity index is 2.20. The average molecular weight is 359 g/mol. The lowest BCUT2D eigenvalue weighted by Crippen LogP contribution is -2.49. The minimum absolute atomic E-state index is 0.0573. The van der Waals surface area contributed by atoms with Crippen molar-refractivity contribution in [1.82, 2.24) is 10.2 Å². The van der Waals surface area contributed by atoms with Crippen LogP contribution in [0, 0.1) is 0 Å². The third kappa shape index (κ3) is 5.27. The van der Waals surface area contributed by atoms with Gasteiger partial charge in [-0.1, -0.05) is 19.1 Å². The maximum absolute atomic E-state index is 12.3. The number of nitrogens with two attached hydrogens (primary N) is 1. The summed E-state index contributed by atoms with van der Waals surface area (Å²) in [6, 6.07) is 4.22. The zero-order chi connectivity index (χ0) is 18.6. The van der Waals surface area contributed by atoms with Crippen LogP contribution < -0.4 is 15.8 Å². The molecule has 25 heavy (non-hydrogen) atoms. The number of ether oxygens (including phenoxy) is 1. The van der Waals surface area contributed by atoms with E-state index in [1.807, 2.05) is 0 Å². The Morgan fingerprint density at radius 2 is 1.96 bits per heavy atom. The first-order valence-electron chi connectivity index (χ1n) is 7.90. The Kier molecular flexibility index (Phi) is 5.76. The van der Waals surface area contributed by atoms with Gasteiger partial charge in [-0.2, -0.15) is 0 Å². The molecule has 6 nitrogen and oxygen atoms in total. The molecule has 2 atom stereocenters. The molecule has 1 saturated heterocycles. The van der Waals surface area contributed by atoms with Crippen molar-refractivity contribution < 1.29 is 27.5 Å². The van der Waals surface area contributed by atoms with Gasteiger partial charge in [0, 0.05) is 19.0 Å². The van der Waals surface area contributed by atoms with Crippen molar-refractivity contribution in [2.24, 2.45) is 5.73 Å². The summed E-state index contributed by atoms with van der Waals surface area (Å²) in [5, 5.41) is 2.63. The van der Waals surface area contributed by atoms with Crippen LogP contribution in [-0.4, -0.2) is 35.8 Å². The smallest absolute Gasteiger partial charge is 0.406 e. The van der Waals surface area contributed by atoms with Gasteiger partial charge in [0.15, 0.2) is 0 Å². The highest BCUT2D eigenvalue weighted by molar-refractivity contribution is 5.76. The second kappa shape index (κ2) is 7.62. The number of halogens is 3. The van der Waals surface area contributed by atoms with Gasteiger partial charge in [-0.15, -0.1) is 13.2 Å². The zero-order valence-electron chi connectivity index (χ0n) is 13.7. The number of likely N-dealkylation sites (tertiary alicyclic amines) is 1. The minimum Gasteiger partial charge on any atom is -0.406 e. The SMILES string of the molecule is CCC(=O)N1CCC(NC(N)=O)CC1c1ccc(OC(F)(F)F)cc1. The molecule has 0 radical (unpaired) electrons. The molecule has 3 amide bonds. The fourth-order valence-corrected chi connectivity index (χ4v) is 3.01. The number of nitrogens with one attached hydrogen (secondary N) is 1. The van der Waals surface area contributed by atoms with Crippen molar-refractivity contribution in [2.45, 2.75) is 44.6 Å². The molecule has 3 N–H and O–H groups in total. The van der Waals surface area contributed by atoms with E-state index in [4.69, 9.17) is 5.73 Å². The second-order valence-corrected chi connectivity index (χ2v) is 5.80. The average Bonchev–Trinajstić information content (AvgIpc) is 2.53. The van der Waals surface area contributed by atoms with Gasteiger partial charge in [0.1, 0.15) is 5.75 Å². The van der Waals surface area contributed by atoms with Crippen molar-refractivity contribution in [3.05, 3.63) is 29.8 Å². The fraction of sp³-hybridized carbons (Fsp3) is 0.500. The van der Waals surface area contributed by atoms with Gasteiger partial charge in [0.2, 0.25) is 5.91 Å². The van der Waals surface area contributed by atoms with Crippen LogP contribution in [-0.2, 0) is 4.79 Å². The number of alkyl halides is 3. The van der Waals surface area contributed by atoms with Crippen LogP contribution >= 0.6 is 0 Å². The lowest BCUT2D eigenvalue weighted by Gasteiger charge is -2.40. The van der Waals surface area contributed by atoms with E-state index in [0.717, 1.165) is 0 Å². The predicted octanol–water partition coefficient (Wildman–Crippen LogP) is 2.70. The predicted molar refractivity (Wildman–Crippen MR) is 83.6 cm³/mol. The second-order valence-electron chi connectivity index (χ2n) is 5.80. The number of piperidine rings is 1. The highest BCUT2D eigenvalue weighted by Crippen LogP contribution is 2.33. The topological polar surface area (TPSA) is 84.7 Å². The fourth-order valence-electron chi connectivity index (χ4n) is 3.01. The lowest BCUT2D eigenvalue weighted by atomic mass is 9.91. The Morgan fingerprint density at radius 1 is 1.32 bits per heavy atom. The first-order valence-corrected chi connectivity index (χ1v) is 7.90. The number of benzene rings is 1. The number of rotatable bonds is 4. The molecule has 0 bridgehead atoms. The normalized spacial score (nSPS) is 20.9. The number of nitrogens with zero attached hydrogens (tertiary/aromatic N) is 1. The molecule has 138 valence electrons. The summed E-state index contributed by atoms with van der Waals surface area (Å²) in [6.07, 6.45) is -3.43. The summed E-state index contributed by atoms with van der Waals surface area (Å²) in [5.41, 5.74) is 5.83. The van der Waals surface area contributed by atoms with E-state index in [-0.39, 0.29) is 23.7 Å². The van der Waals surface area contributed by atoms with Crippen molar-refractivity contribution in [3.63, 3.8) is 0 Å². The Labute approximate surface area is 143 Å². The monoisotopic (exact) mass is 359 g/mol. The summed E-state index contributed by atoms with van der Waals surface area (Å²) in [6.45, 7) is 2.18. The van der Waals surface area contributed by atoms with Gasteiger partial charge in [-0.05, 0) is 30.5 Å². The van der Waals surface area contributed by atoms with Crippen LogP contribution in [0.5, 0.6) is 5.75 Å². The summed E-state index contributed by atoms with van der Waals surface area (Å²) in [7, 11) is 0. The summed E-state index contributed by atoms with van der Waals surface area (Å²) < 4.78 is 40.6. The molecule has 1 fully saturated rings. The van der Waals surface area contributed by atoms with Gasteiger partial charge in [0.25, 0.3) is 0 Å². The van der Waals surface area contributed by atoms with Gasteiger partial charge in [-0.3, -0.25) is 4.79 Å². The molecule has 2 unspecified atom stereocenters. The number of hydrogen-bond donors (Lipinski definition) is 2.